The van der Waals surface area contributed by atoms with E-state index < -0.39 is 281 Å². The van der Waals surface area contributed by atoms with Crippen molar-refractivity contribution in [3.63, 3.8) is 0 Å². The van der Waals surface area contributed by atoms with Gasteiger partial charge in [-0.05, 0) is 0 Å². The second kappa shape index (κ2) is 43.9. The molecule has 0 saturated heterocycles. The van der Waals surface area contributed by atoms with Gasteiger partial charge >= 0.3 is 0 Å². The first-order valence-corrected chi connectivity index (χ1v) is 29.7. The van der Waals surface area contributed by atoms with Gasteiger partial charge in [-0.2, -0.15) is 0 Å². The van der Waals surface area contributed by atoms with Crippen LogP contribution in [0.4, 0.5) is 0 Å². The lowest BCUT2D eigenvalue weighted by molar-refractivity contribution is 1.80. The minimum absolute atomic E-state index is 1.67. The molecule has 0 nitrogen and oxygen atoms in total. The van der Waals surface area contributed by atoms with Crippen molar-refractivity contribution in [2.75, 3.05) is 0 Å². The van der Waals surface area contributed by atoms with Crippen molar-refractivity contribution in [1.29, 1.82) is 0 Å². The summed E-state index contributed by atoms with van der Waals surface area (Å²) >= 11 is 0. The van der Waals surface area contributed by atoms with Crippen molar-refractivity contribution in [1.82, 2.24) is 0 Å². The van der Waals surface area contributed by atoms with Crippen LogP contribution in [0, 0.1) is 0 Å². The van der Waals surface area contributed by atoms with Crippen molar-refractivity contribution in [3.05, 3.63) is 0 Å². The maximum atomic E-state index is 7.31. The van der Waals surface area contributed by atoms with E-state index in [-0.39, 0.29) is 0 Å². The Hall–Kier alpha value is 5.78. The molecule has 0 rings (SSSR count). The Bertz CT molecular complexity index is 1450. The predicted octanol–water partition coefficient (Wildman–Crippen LogP) is -33.6. The van der Waals surface area contributed by atoms with Crippen molar-refractivity contribution in [2.45, 2.75) is 5.62 Å². The van der Waals surface area contributed by atoms with Crippen molar-refractivity contribution >= 4 is 631 Å². The van der Waals surface area contributed by atoms with Crippen molar-refractivity contribution in [2.24, 2.45) is 0 Å². The van der Waals surface area contributed by atoms with Crippen LogP contribution in [-0.2, 0) is 0 Å². The quantitative estimate of drug-likeness (QED) is 0.0534. The molecule has 0 fully saturated rings. The zero-order valence-electron chi connectivity index (χ0n) is 52.0. The fraction of sp³-hybridized carbons (Fsp3) is 1.00. The molecule has 92 radical (unpaired) electrons. The number of hydrogen-bond donors (Lipinski definition) is 0. The first kappa shape index (κ1) is 95.8. The highest BCUT2D eigenvalue weighted by atomic mass is 13.7. The van der Waals surface area contributed by atoms with Gasteiger partial charge in [-0.1, -0.05) is 0 Å². The second-order valence-corrected chi connectivity index (χ2v) is 25.4. The van der Waals surface area contributed by atoms with Gasteiger partial charge < -0.3 is 0 Å². The van der Waals surface area contributed by atoms with Crippen LogP contribution in [0.2, 0.25) is 5.62 Å². The maximum absolute atomic E-state index is 7.31. The molecule has 0 spiro atoms. The third kappa shape index (κ3) is 25.5. The zero-order chi connectivity index (χ0) is 71.4. The summed E-state index contributed by atoms with van der Waals surface area (Å²) in [6.07, 6.45) is -70.8. The van der Waals surface area contributed by atoms with Crippen LogP contribution in [0.5, 0.6) is 0 Å². The smallest absolute Gasteiger partial charge is 0.0294 e. The highest BCUT2D eigenvalue weighted by molar-refractivity contribution is 8.32. The molecule has 0 aromatic carbocycles. The number of rotatable bonds is 43. The van der Waals surface area contributed by atoms with Crippen LogP contribution in [0.1, 0.15) is 0 Å². The van der Waals surface area contributed by atoms with E-state index in [1.165, 1.54) is 0 Å². The molecule has 0 aromatic heterocycles. The van der Waals surface area contributed by atoms with Gasteiger partial charge in [-0.15, -0.1) is 5.62 Å². The Balaban J connectivity index is 13.7. The van der Waals surface area contributed by atoms with Crippen LogP contribution in [-0.4, -0.2) is 631 Å². The molecule has 0 aromatic rings. The largest absolute Gasteiger partial charge is 0.146 e. The molecule has 0 aliphatic heterocycles. The van der Waals surface area contributed by atoms with Crippen molar-refractivity contribution < 1.29 is 0 Å². The third-order valence-electron chi connectivity index (χ3n) is 19.1. The summed E-state index contributed by atoms with van der Waals surface area (Å²) in [4.78, 5) is 0. The predicted molar refractivity (Wildman–Crippen MR) is 516 cm³/mol. The monoisotopic (exact) mass is 993 g/mol. The van der Waals surface area contributed by atoms with Gasteiger partial charge in [0.25, 0.3) is 0 Å². The molecule has 0 saturated carbocycles. The maximum Gasteiger partial charge on any atom is 0.0294 e. The highest BCUT2D eigenvalue weighted by Gasteiger charge is 2.67. The Labute approximate surface area is 630 Å². The summed E-state index contributed by atoms with van der Waals surface area (Å²) in [5, 5.41) is 0. The molecule has 90 heavy (non-hydrogen) atoms. The normalized spacial score (nSPS) is 9.92. The summed E-state index contributed by atoms with van der Waals surface area (Å²) < 4.78 is 0. The van der Waals surface area contributed by atoms with E-state index >= 15 is 0 Å². The summed E-state index contributed by atoms with van der Waals surface area (Å²) in [7, 11) is 322. The topological polar surface area (TPSA) is 0 Å². The van der Waals surface area contributed by atoms with Gasteiger partial charge in [0.1, 0.15) is 0 Å². The standard InChI is InChI=1S/CHB89/c2-51(3)74(80(52(4)5)53(6)7)48(75(81(54(8)9)55(10)11)82(56(12)13)57(14)15)1(49(76(83(58(16)17)59(18)19)84(60(20)21)61(22)23)77(85(62(24)25)63(26)27)86(64(28)29)65(30)31)50(78(87(66(32)33)67(34)35)88(68(36)37)69(38)39)79(89(70(40)41)71(42)43)90(72(44)45)73(46)47/h1H. The molecule has 0 atom stereocenters. The highest BCUT2D eigenvalue weighted by Crippen LogP contribution is 2.37. The van der Waals surface area contributed by atoms with Gasteiger partial charge in [0.15, 0.2) is 0 Å². The molecule has 0 heterocycles. The lowest BCUT2D eigenvalue weighted by Gasteiger charge is -2.63. The van der Waals surface area contributed by atoms with E-state index in [1.807, 2.05) is 0 Å². The Morgan fingerprint density at radius 3 is 0.233 bits per heavy atom. The molecular formula is CHB89. The van der Waals surface area contributed by atoms with Crippen LogP contribution >= 0.6 is 0 Å². The molecular weight excluding hydrogens is 974 g/mol. The SMILES string of the molecule is [B]B([B])B(B([B])[B])B(B([B])[B])B(B(B(B([B])[B])B([B])[B])B(B([B])[B])B([B])[B])C(B(B(B(B([B])[B])B([B])[B])B(B([B])[B])B([B])[B])B(B(B([B])[B])B([B])[B])B(B([B])[B])B([B])[B])B(B(B(B([B])[B])B([B])[B])B(B([B])[B])B([B])[B])B(B(B([B])[B])B([B])[B])B(B([B])[B])B([B])[B]. The zero-order valence-corrected chi connectivity index (χ0v) is 52.0. The molecule has 0 aliphatic carbocycles. The van der Waals surface area contributed by atoms with Crippen LogP contribution in [0.3, 0.4) is 0 Å². The summed E-state index contributed by atoms with van der Waals surface area (Å²) in [5.74, 6) is 0. The van der Waals surface area contributed by atoms with E-state index in [0.29, 0.717) is 0 Å². The minimum Gasteiger partial charge on any atom is -0.146 e. The minimum atomic E-state index is -2.14. The lowest BCUT2D eigenvalue weighted by atomic mass is 8.27. The fourth-order valence-electron chi connectivity index (χ4n) is 16.2. The van der Waals surface area contributed by atoms with E-state index in [2.05, 4.69) is 0 Å². The van der Waals surface area contributed by atoms with E-state index in [9.17, 15) is 0 Å². The molecule has 0 aliphatic rings. The third-order valence-corrected chi connectivity index (χ3v) is 19.1. The average Bonchev–Trinajstić information content (AvgIpc) is 3.30. The molecule has 272 valence electrons. The van der Waals surface area contributed by atoms with Gasteiger partial charge in [-0.25, -0.2) is 0 Å². The Morgan fingerprint density at radius 2 is 0.156 bits per heavy atom. The first-order valence-electron chi connectivity index (χ1n) is 29.7. The summed E-state index contributed by atoms with van der Waals surface area (Å²) in [6.45, 7) is -6.11. The molecule has 89 heteroatoms. The lowest BCUT2D eigenvalue weighted by Crippen LogP contribution is -2.95. The van der Waals surface area contributed by atoms with E-state index in [0.717, 1.165) is 0 Å². The Morgan fingerprint density at radius 1 is 0.0889 bits per heavy atom. The van der Waals surface area contributed by atoms with Crippen LogP contribution in [0.15, 0.2) is 0 Å². The van der Waals surface area contributed by atoms with E-state index in [4.69, 9.17) is 356 Å². The summed E-state index contributed by atoms with van der Waals surface area (Å²) in [6, 6.07) is 0. The van der Waals surface area contributed by atoms with Gasteiger partial charge in [0.2, 0.25) is 0 Å². The van der Waals surface area contributed by atoms with Crippen molar-refractivity contribution in [3.8, 4) is 0 Å². The van der Waals surface area contributed by atoms with Gasteiger partial charge in [0, 0.05) is 631 Å². The fourth-order valence-corrected chi connectivity index (χ4v) is 16.2. The summed E-state index contributed by atoms with van der Waals surface area (Å²) in [5.41, 5.74) is -2.14. The second-order valence-electron chi connectivity index (χ2n) is 25.4. The molecule has 0 amide bonds. The van der Waals surface area contributed by atoms with Gasteiger partial charge in [0.05, 0.1) is 0 Å². The molecule has 0 N–H and O–H groups in total. The van der Waals surface area contributed by atoms with Gasteiger partial charge in [-0.3, -0.25) is 0 Å². The molecule has 0 unspecified atom stereocenters. The van der Waals surface area contributed by atoms with Crippen LogP contribution < -0.4 is 0 Å². The first-order chi connectivity index (χ1) is 40.9. The Kier molecular flexibility index (Phi) is 46.7. The van der Waals surface area contributed by atoms with Crippen LogP contribution in [0.25, 0.3) is 0 Å². The molecule has 0 bridgehead atoms. The number of hydrogen-bond acceptors (Lipinski definition) is 0. The average molecular weight is 975 g/mol. The van der Waals surface area contributed by atoms with E-state index in [1.54, 1.807) is 0 Å².